The molecule has 1 aliphatic heterocycles. The van der Waals surface area contributed by atoms with Gasteiger partial charge in [-0.2, -0.15) is 0 Å². The van der Waals surface area contributed by atoms with Crippen molar-refractivity contribution in [2.75, 3.05) is 13.7 Å². The summed E-state index contributed by atoms with van der Waals surface area (Å²) in [5, 5.41) is 45.4. The van der Waals surface area contributed by atoms with Crippen LogP contribution in [0.15, 0.2) is 48.5 Å². The number of fused-ring (bicyclic) bond motifs is 3. The van der Waals surface area contributed by atoms with Gasteiger partial charge in [0.25, 0.3) is 0 Å². The monoisotopic (exact) mass is 647 g/mol. The number of ether oxygens (including phenoxy) is 4. The number of aliphatic hydroxyl groups is 2. The van der Waals surface area contributed by atoms with E-state index in [-0.39, 0.29) is 40.0 Å². The standard InChI is InChI=1S/C34H33NO12/c1-15-28(37)19(35)11-23(46-15)47-21-13-34(43,22(36)14-45-33(42)16-7-4-3-5-8-16)12-18-25(21)32(41)27-26(30(18)39)29(38)17-9-6-10-20(44-2)24(17)31(27)40/h3-10,15,19,21,23,28,37,39,41,43H,11-14,35H2,1-2H3/t15-,19+,21+,23-,28+,34-/m0/s1. The highest BCUT2D eigenvalue weighted by molar-refractivity contribution is 6.31. The van der Waals surface area contributed by atoms with Gasteiger partial charge in [0.1, 0.15) is 22.8 Å². The second kappa shape index (κ2) is 12.2. The quantitative estimate of drug-likeness (QED) is 0.143. The van der Waals surface area contributed by atoms with E-state index in [0.29, 0.717) is 0 Å². The van der Waals surface area contributed by atoms with Gasteiger partial charge in [-0.15, -0.1) is 0 Å². The number of hydrogen-bond acceptors (Lipinski definition) is 13. The van der Waals surface area contributed by atoms with Crippen LogP contribution in [0.2, 0.25) is 0 Å². The maximum Gasteiger partial charge on any atom is 0.338 e. The Labute approximate surface area is 268 Å². The molecule has 0 saturated carbocycles. The zero-order valence-corrected chi connectivity index (χ0v) is 25.5. The second-order valence-electron chi connectivity index (χ2n) is 11.9. The summed E-state index contributed by atoms with van der Waals surface area (Å²) in [5.74, 6) is -4.67. The molecule has 6 N–H and O–H groups in total. The molecule has 3 aromatic carbocycles. The van der Waals surface area contributed by atoms with E-state index in [1.165, 1.54) is 37.4 Å². The van der Waals surface area contributed by atoms with Crippen LogP contribution >= 0.6 is 0 Å². The van der Waals surface area contributed by atoms with E-state index in [1.54, 1.807) is 25.1 Å². The first kappa shape index (κ1) is 32.3. The first-order chi connectivity index (χ1) is 22.4. The molecule has 6 rings (SSSR count). The summed E-state index contributed by atoms with van der Waals surface area (Å²) in [7, 11) is 1.32. The molecule has 2 aliphatic carbocycles. The van der Waals surface area contributed by atoms with Gasteiger partial charge in [-0.1, -0.05) is 30.3 Å². The fourth-order valence-electron chi connectivity index (χ4n) is 6.53. The van der Waals surface area contributed by atoms with Gasteiger partial charge in [0.05, 0.1) is 47.7 Å². The van der Waals surface area contributed by atoms with E-state index in [2.05, 4.69) is 0 Å². The summed E-state index contributed by atoms with van der Waals surface area (Å²) in [6, 6.07) is 11.5. The van der Waals surface area contributed by atoms with E-state index in [9.17, 15) is 39.6 Å². The summed E-state index contributed by atoms with van der Waals surface area (Å²) < 4.78 is 22.4. The number of phenolic OH excluding ortho intramolecular Hbond substituents is 2. The maximum absolute atomic E-state index is 13.8. The van der Waals surface area contributed by atoms with Gasteiger partial charge in [-0.25, -0.2) is 4.79 Å². The molecular weight excluding hydrogens is 614 g/mol. The predicted molar refractivity (Wildman–Crippen MR) is 161 cm³/mol. The first-order valence-corrected chi connectivity index (χ1v) is 15.0. The van der Waals surface area contributed by atoms with E-state index in [0.717, 1.165) is 0 Å². The molecule has 0 spiro atoms. The topological polar surface area (TPSA) is 212 Å². The molecule has 0 bridgehead atoms. The Balaban J connectivity index is 1.42. The van der Waals surface area contributed by atoms with Crippen molar-refractivity contribution in [1.29, 1.82) is 0 Å². The van der Waals surface area contributed by atoms with Gasteiger partial charge in [0, 0.05) is 42.0 Å². The summed E-state index contributed by atoms with van der Waals surface area (Å²) in [6.45, 7) is 0.729. The third-order valence-electron chi connectivity index (χ3n) is 9.01. The van der Waals surface area contributed by atoms with Crippen LogP contribution in [-0.2, 0) is 25.4 Å². The van der Waals surface area contributed by atoms with Gasteiger partial charge in [0.2, 0.25) is 11.6 Å². The van der Waals surface area contributed by atoms with E-state index >= 15 is 0 Å². The Morgan fingerprint density at radius 1 is 1.00 bits per heavy atom. The number of carbonyl (C=O) groups is 4. The van der Waals surface area contributed by atoms with Crippen LogP contribution in [0, 0.1) is 0 Å². The molecule has 1 saturated heterocycles. The SMILES string of the molecule is COc1cccc2c1C(=O)c1c(O)c3c(c(O)c1C2=O)C[C@@](O)(C(=O)COC(=O)c1ccccc1)C[C@H]3O[C@H]1C[C@@H](N)[C@H](O)[C@H](C)O1. The lowest BCUT2D eigenvalue weighted by atomic mass is 9.72. The van der Waals surface area contributed by atoms with Crippen molar-refractivity contribution < 1.29 is 58.6 Å². The van der Waals surface area contributed by atoms with E-state index < -0.39 is 102 Å². The van der Waals surface area contributed by atoms with Gasteiger partial charge >= 0.3 is 5.97 Å². The molecule has 0 aromatic heterocycles. The van der Waals surface area contributed by atoms with Crippen LogP contribution in [0.4, 0.5) is 0 Å². The third-order valence-corrected chi connectivity index (χ3v) is 9.01. The van der Waals surface area contributed by atoms with Crippen LogP contribution < -0.4 is 10.5 Å². The number of nitrogens with two attached hydrogens (primary N) is 1. The molecule has 13 nitrogen and oxygen atoms in total. The maximum atomic E-state index is 13.8. The fraction of sp³-hybridized carbons (Fsp3) is 0.353. The molecule has 6 atom stereocenters. The number of benzene rings is 3. The highest BCUT2D eigenvalue weighted by atomic mass is 16.7. The van der Waals surface area contributed by atoms with Crippen molar-refractivity contribution >= 4 is 23.3 Å². The van der Waals surface area contributed by atoms with Gasteiger partial charge in [-0.3, -0.25) is 14.4 Å². The lowest BCUT2D eigenvalue weighted by Gasteiger charge is -2.42. The molecular formula is C34H33NO12. The summed E-state index contributed by atoms with van der Waals surface area (Å²) >= 11 is 0. The van der Waals surface area contributed by atoms with Crippen molar-refractivity contribution in [2.45, 2.75) is 62.4 Å². The molecule has 0 unspecified atom stereocenters. The second-order valence-corrected chi connectivity index (χ2v) is 11.9. The Kier molecular flexibility index (Phi) is 8.36. The van der Waals surface area contributed by atoms with Crippen LogP contribution in [0.1, 0.15) is 79.2 Å². The molecule has 3 aliphatic rings. The number of phenols is 2. The predicted octanol–water partition coefficient (Wildman–Crippen LogP) is 1.87. The van der Waals surface area contributed by atoms with Gasteiger partial charge < -0.3 is 45.1 Å². The van der Waals surface area contributed by atoms with Crippen LogP contribution in [0.25, 0.3) is 0 Å². The highest BCUT2D eigenvalue weighted by Gasteiger charge is 2.50. The number of Topliss-reactive ketones (excluding diaryl/α,β-unsaturated/α-hetero) is 1. The Morgan fingerprint density at radius 2 is 1.70 bits per heavy atom. The van der Waals surface area contributed by atoms with Crippen molar-refractivity contribution in [2.24, 2.45) is 5.73 Å². The van der Waals surface area contributed by atoms with Gasteiger partial charge in [0.15, 0.2) is 18.7 Å². The number of esters is 1. The molecule has 0 radical (unpaired) electrons. The number of aliphatic hydroxyl groups excluding tert-OH is 1. The zero-order chi connectivity index (χ0) is 33.8. The summed E-state index contributed by atoms with van der Waals surface area (Å²) in [5.41, 5.74) is 2.39. The molecule has 1 heterocycles. The smallest absolute Gasteiger partial charge is 0.338 e. The largest absolute Gasteiger partial charge is 0.507 e. The Hall–Kier alpha value is -4.66. The van der Waals surface area contributed by atoms with Crippen molar-refractivity contribution in [3.8, 4) is 17.2 Å². The summed E-state index contributed by atoms with van der Waals surface area (Å²) in [4.78, 5) is 53.7. The van der Waals surface area contributed by atoms with E-state index in [4.69, 9.17) is 24.7 Å². The lowest BCUT2D eigenvalue weighted by Crippen LogP contribution is -2.53. The average molecular weight is 648 g/mol. The zero-order valence-electron chi connectivity index (χ0n) is 25.5. The minimum absolute atomic E-state index is 0.0158. The van der Waals surface area contributed by atoms with E-state index in [1.807, 2.05) is 0 Å². The highest BCUT2D eigenvalue weighted by Crippen LogP contribution is 2.52. The number of carbonyl (C=O) groups excluding carboxylic acids is 4. The molecule has 0 amide bonds. The molecule has 1 fully saturated rings. The minimum Gasteiger partial charge on any atom is -0.507 e. The number of rotatable bonds is 7. The van der Waals surface area contributed by atoms with Crippen molar-refractivity contribution in [3.05, 3.63) is 87.5 Å². The number of ketones is 3. The number of aromatic hydroxyl groups is 2. The average Bonchev–Trinajstić information content (AvgIpc) is 3.06. The Morgan fingerprint density at radius 3 is 2.38 bits per heavy atom. The lowest BCUT2D eigenvalue weighted by molar-refractivity contribution is -0.247. The van der Waals surface area contributed by atoms with Crippen LogP contribution in [0.3, 0.4) is 0 Å². The molecule has 3 aromatic rings. The van der Waals surface area contributed by atoms with Gasteiger partial charge in [-0.05, 0) is 25.1 Å². The molecule has 13 heteroatoms. The number of hydrogen-bond donors (Lipinski definition) is 5. The Bertz CT molecular complexity index is 1780. The number of methoxy groups -OCH3 is 1. The normalized spacial score (nSPS) is 26.5. The van der Waals surface area contributed by atoms with Crippen molar-refractivity contribution in [1.82, 2.24) is 0 Å². The molecule has 47 heavy (non-hydrogen) atoms. The minimum atomic E-state index is -2.34. The fourth-order valence-corrected chi connectivity index (χ4v) is 6.53. The van der Waals surface area contributed by atoms with Crippen LogP contribution in [0.5, 0.6) is 17.2 Å². The van der Waals surface area contributed by atoms with Crippen LogP contribution in [-0.4, -0.2) is 87.6 Å². The molecule has 246 valence electrons. The summed E-state index contributed by atoms with van der Waals surface area (Å²) in [6.07, 6.45) is -5.45. The van der Waals surface area contributed by atoms with Crippen molar-refractivity contribution in [3.63, 3.8) is 0 Å². The first-order valence-electron chi connectivity index (χ1n) is 15.0. The third kappa shape index (κ3) is 5.45.